The summed E-state index contributed by atoms with van der Waals surface area (Å²) in [5.41, 5.74) is -1.83. The second-order valence-electron chi connectivity index (χ2n) is 9.32. The molecule has 0 aromatic carbocycles. The van der Waals surface area contributed by atoms with Crippen molar-refractivity contribution in [1.82, 2.24) is 19.1 Å². The lowest BCUT2D eigenvalue weighted by molar-refractivity contribution is -0.0159. The molecule has 0 spiro atoms. The second-order valence-corrected chi connectivity index (χ2v) is 11.8. The number of nitrogens with zero attached hydrogens (tertiary/aromatic N) is 2. The molecule has 2 aliphatic rings. The average molecular weight is 555 g/mol. The van der Waals surface area contributed by atoms with Crippen molar-refractivity contribution in [3.8, 4) is 0 Å². The number of ether oxygens (including phenoxy) is 2. The monoisotopic (exact) mass is 554 g/mol. The zero-order valence-corrected chi connectivity index (χ0v) is 22.4. The van der Waals surface area contributed by atoms with Gasteiger partial charge in [0.1, 0.15) is 12.5 Å². The Morgan fingerprint density at radius 1 is 0.865 bits per heavy atom. The van der Waals surface area contributed by atoms with Crippen LogP contribution in [0.25, 0.3) is 0 Å². The summed E-state index contributed by atoms with van der Waals surface area (Å²) >= 11 is 3.65. The normalized spacial score (nSPS) is 27.6. The highest BCUT2D eigenvalue weighted by Crippen LogP contribution is 2.39. The number of aliphatic hydroxyl groups excluding tert-OH is 1. The summed E-state index contributed by atoms with van der Waals surface area (Å²) in [6, 6.07) is 2.64. The molecule has 2 aromatic heterocycles. The molecule has 0 unspecified atom stereocenters. The van der Waals surface area contributed by atoms with E-state index in [-0.39, 0.29) is 24.7 Å². The summed E-state index contributed by atoms with van der Waals surface area (Å²) in [6.07, 6.45) is 4.57. The van der Waals surface area contributed by atoms with E-state index in [2.05, 4.69) is 16.9 Å². The van der Waals surface area contributed by atoms with Crippen molar-refractivity contribution in [2.75, 3.05) is 29.6 Å². The van der Waals surface area contributed by atoms with Crippen LogP contribution in [-0.2, 0) is 9.47 Å². The maximum absolute atomic E-state index is 12.3. The van der Waals surface area contributed by atoms with E-state index < -0.39 is 35.0 Å². The van der Waals surface area contributed by atoms with Gasteiger partial charge in [0, 0.05) is 31.1 Å². The van der Waals surface area contributed by atoms with Crippen molar-refractivity contribution in [2.45, 2.75) is 57.3 Å². The summed E-state index contributed by atoms with van der Waals surface area (Å²) in [7, 11) is 0. The molecule has 2 saturated heterocycles. The number of hydrogen-bond donors (Lipinski definition) is 3. The Kier molecular flexibility index (Phi) is 9.93. The third-order valence-electron chi connectivity index (χ3n) is 6.88. The van der Waals surface area contributed by atoms with Crippen LogP contribution in [0.2, 0.25) is 0 Å². The van der Waals surface area contributed by atoms with Crippen molar-refractivity contribution in [2.24, 2.45) is 11.8 Å². The van der Waals surface area contributed by atoms with Gasteiger partial charge in [-0.3, -0.25) is 28.7 Å². The first-order valence-corrected chi connectivity index (χ1v) is 14.9. The predicted octanol–water partition coefficient (Wildman–Crippen LogP) is 1.15. The quantitative estimate of drug-likeness (QED) is 0.329. The van der Waals surface area contributed by atoms with Crippen LogP contribution in [-0.4, -0.2) is 66.0 Å². The summed E-state index contributed by atoms with van der Waals surface area (Å²) < 4.78 is 15.2. The van der Waals surface area contributed by atoms with Gasteiger partial charge in [-0.05, 0) is 60.5 Å². The van der Waals surface area contributed by atoms with Gasteiger partial charge in [-0.1, -0.05) is 6.92 Å². The average Bonchev–Trinajstić information content (AvgIpc) is 3.44. The molecule has 2 aliphatic heterocycles. The van der Waals surface area contributed by atoms with Crippen LogP contribution < -0.4 is 22.5 Å². The van der Waals surface area contributed by atoms with E-state index in [4.69, 9.17) is 9.47 Å². The molecule has 6 atom stereocenters. The first-order valence-electron chi connectivity index (χ1n) is 12.6. The first kappa shape index (κ1) is 28.0. The Labute approximate surface area is 222 Å². The third-order valence-corrected chi connectivity index (χ3v) is 9.14. The topological polar surface area (TPSA) is 148 Å². The molecule has 204 valence electrons. The molecular weight excluding hydrogens is 520 g/mol. The molecule has 2 aromatic rings. The van der Waals surface area contributed by atoms with Gasteiger partial charge in [0.2, 0.25) is 0 Å². The standard InChI is InChI=1S/C24H34N4O7S2/c1-2-36-13-15-11-22(28-8-4-20(31)26-24(28)33)35-18(15)6-10-37-14-16-12-21(34-17(16)5-9-29)27-7-3-19(30)25-23(27)32/h3-4,7-8,15-18,21-22,29H,2,5-6,9-14H2,1H3,(H,25,30,32)(H,26,31,33)/t15-,16-,17-,18-,21-,22-/m1/s1. The number of aromatic amines is 2. The molecule has 0 aliphatic carbocycles. The Balaban J connectivity index is 1.33. The predicted molar refractivity (Wildman–Crippen MR) is 143 cm³/mol. The van der Waals surface area contributed by atoms with E-state index in [1.807, 2.05) is 11.8 Å². The maximum Gasteiger partial charge on any atom is 0.330 e. The molecule has 37 heavy (non-hydrogen) atoms. The molecule has 0 radical (unpaired) electrons. The highest BCUT2D eigenvalue weighted by molar-refractivity contribution is 7.99. The molecular formula is C24H34N4O7S2. The minimum absolute atomic E-state index is 0.00270. The Bertz CT molecular complexity index is 1260. The van der Waals surface area contributed by atoms with Crippen LogP contribution in [0.1, 0.15) is 45.1 Å². The zero-order chi connectivity index (χ0) is 26.4. The lowest BCUT2D eigenvalue weighted by Gasteiger charge is -2.20. The van der Waals surface area contributed by atoms with Crippen LogP contribution in [0.4, 0.5) is 0 Å². The van der Waals surface area contributed by atoms with Gasteiger partial charge >= 0.3 is 11.4 Å². The summed E-state index contributed by atoms with van der Waals surface area (Å²) in [5, 5.41) is 9.50. The smallest absolute Gasteiger partial charge is 0.330 e. The molecule has 2 fully saturated rings. The van der Waals surface area contributed by atoms with Gasteiger partial charge in [0.25, 0.3) is 11.1 Å². The van der Waals surface area contributed by atoms with Crippen LogP contribution >= 0.6 is 23.5 Å². The van der Waals surface area contributed by atoms with Crippen LogP contribution in [0.15, 0.2) is 43.7 Å². The largest absolute Gasteiger partial charge is 0.396 e. The molecule has 0 amide bonds. The fourth-order valence-corrected chi connectivity index (χ4v) is 7.12. The maximum atomic E-state index is 12.3. The highest BCUT2D eigenvalue weighted by atomic mass is 32.2. The number of rotatable bonds is 12. The lowest BCUT2D eigenvalue weighted by atomic mass is 10.0. The molecule has 4 heterocycles. The number of aliphatic hydroxyl groups is 1. The molecule has 0 bridgehead atoms. The third kappa shape index (κ3) is 7.08. The van der Waals surface area contributed by atoms with Crippen molar-refractivity contribution >= 4 is 23.5 Å². The minimum Gasteiger partial charge on any atom is -0.396 e. The van der Waals surface area contributed by atoms with Gasteiger partial charge in [-0.25, -0.2) is 9.59 Å². The Hall–Kier alpha value is -2.06. The fraction of sp³-hybridized carbons (Fsp3) is 0.667. The van der Waals surface area contributed by atoms with E-state index in [9.17, 15) is 24.3 Å². The van der Waals surface area contributed by atoms with Crippen molar-refractivity contribution in [3.05, 3.63) is 66.2 Å². The first-order chi connectivity index (χ1) is 17.9. The molecule has 13 heteroatoms. The molecule has 11 nitrogen and oxygen atoms in total. The number of aromatic nitrogens is 4. The van der Waals surface area contributed by atoms with Crippen molar-refractivity contribution in [1.29, 1.82) is 0 Å². The van der Waals surface area contributed by atoms with Gasteiger partial charge < -0.3 is 14.6 Å². The number of nitrogens with one attached hydrogen (secondary N) is 2. The van der Waals surface area contributed by atoms with E-state index >= 15 is 0 Å². The van der Waals surface area contributed by atoms with Crippen molar-refractivity contribution in [3.63, 3.8) is 0 Å². The van der Waals surface area contributed by atoms with Gasteiger partial charge in [-0.15, -0.1) is 0 Å². The van der Waals surface area contributed by atoms with Crippen molar-refractivity contribution < 1.29 is 14.6 Å². The fourth-order valence-electron chi connectivity index (χ4n) is 5.01. The Morgan fingerprint density at radius 2 is 1.38 bits per heavy atom. The lowest BCUT2D eigenvalue weighted by Crippen LogP contribution is -2.31. The van der Waals surface area contributed by atoms with E-state index in [0.717, 1.165) is 35.9 Å². The van der Waals surface area contributed by atoms with Crippen LogP contribution in [0.5, 0.6) is 0 Å². The van der Waals surface area contributed by atoms with E-state index in [1.54, 1.807) is 11.8 Å². The van der Waals surface area contributed by atoms with E-state index in [1.165, 1.54) is 33.7 Å². The molecule has 4 rings (SSSR count). The second kappa shape index (κ2) is 13.1. The molecule has 0 saturated carbocycles. The van der Waals surface area contributed by atoms with E-state index in [0.29, 0.717) is 18.8 Å². The van der Waals surface area contributed by atoms with Gasteiger partial charge in [-0.2, -0.15) is 23.5 Å². The summed E-state index contributed by atoms with van der Waals surface area (Å²) in [6.45, 7) is 2.12. The summed E-state index contributed by atoms with van der Waals surface area (Å²) in [5.74, 6) is 4.09. The van der Waals surface area contributed by atoms with Gasteiger partial charge in [0.05, 0.1) is 12.2 Å². The number of thioether (sulfide) groups is 2. The number of H-pyrrole nitrogens is 2. The Morgan fingerprint density at radius 3 is 1.86 bits per heavy atom. The van der Waals surface area contributed by atoms with Crippen LogP contribution in [0, 0.1) is 11.8 Å². The minimum atomic E-state index is -0.501. The molecule has 3 N–H and O–H groups in total. The zero-order valence-electron chi connectivity index (χ0n) is 20.7. The van der Waals surface area contributed by atoms with Gasteiger partial charge in [0.15, 0.2) is 0 Å². The summed E-state index contributed by atoms with van der Waals surface area (Å²) in [4.78, 5) is 51.9. The van der Waals surface area contributed by atoms with Crippen LogP contribution in [0.3, 0.4) is 0 Å². The highest BCUT2D eigenvalue weighted by Gasteiger charge is 2.38. The number of hydrogen-bond acceptors (Lipinski definition) is 9. The SMILES string of the molecule is CCSC[C@H]1C[C@H](n2ccc(=O)[nH]c2=O)O[C@@H]1CCSC[C@H]1C[C@H](n2ccc(=O)[nH]c2=O)O[C@@H]1CCO.